The van der Waals surface area contributed by atoms with Gasteiger partial charge in [-0.2, -0.15) is 0 Å². The van der Waals surface area contributed by atoms with Crippen LogP contribution >= 0.6 is 0 Å². The molecule has 1 N–H and O–H groups in total. The number of aryl methyl sites for hydroxylation is 1. The molecule has 0 saturated heterocycles. The van der Waals surface area contributed by atoms with Crippen molar-refractivity contribution < 1.29 is 14.1 Å². The highest BCUT2D eigenvalue weighted by molar-refractivity contribution is 5.92. The average molecular weight is 459 g/mol. The van der Waals surface area contributed by atoms with Crippen LogP contribution < -0.4 is 5.32 Å². The molecule has 2 aliphatic carbocycles. The lowest BCUT2D eigenvalue weighted by Gasteiger charge is -2.31. The molecule has 0 radical (unpaired) electrons. The van der Waals surface area contributed by atoms with E-state index in [2.05, 4.69) is 65.9 Å². The lowest BCUT2D eigenvalue weighted by molar-refractivity contribution is 0.0903. The van der Waals surface area contributed by atoms with Gasteiger partial charge in [-0.1, -0.05) is 78.5 Å². The van der Waals surface area contributed by atoms with Gasteiger partial charge in [0.2, 0.25) is 0 Å². The zero-order valence-corrected chi connectivity index (χ0v) is 20.0. The SMILES string of the molecule is Cc1cccc(COCc2cccc(C(NC(=O)c3cc(C4CC4)on3)C3CCCCC3)c2)c1. The molecular formula is C29H34N2O3. The van der Waals surface area contributed by atoms with E-state index in [1.54, 1.807) is 0 Å². The number of ether oxygens (including phenoxy) is 1. The maximum absolute atomic E-state index is 13.1. The first-order valence-electron chi connectivity index (χ1n) is 12.7. The number of benzene rings is 2. The van der Waals surface area contributed by atoms with Crippen LogP contribution in [0.5, 0.6) is 0 Å². The predicted octanol–water partition coefficient (Wildman–Crippen LogP) is 6.63. The molecule has 1 heterocycles. The first-order valence-corrected chi connectivity index (χ1v) is 12.7. The second kappa shape index (κ2) is 10.6. The van der Waals surface area contributed by atoms with Gasteiger partial charge < -0.3 is 14.6 Å². The molecule has 34 heavy (non-hydrogen) atoms. The van der Waals surface area contributed by atoms with Crippen LogP contribution in [0.25, 0.3) is 0 Å². The zero-order valence-electron chi connectivity index (χ0n) is 20.0. The van der Waals surface area contributed by atoms with Crippen molar-refractivity contribution in [1.29, 1.82) is 0 Å². The highest BCUT2D eigenvalue weighted by atomic mass is 16.5. The fourth-order valence-electron chi connectivity index (χ4n) is 5.08. The molecule has 0 bridgehead atoms. The molecule has 1 atom stereocenters. The topological polar surface area (TPSA) is 64.4 Å². The van der Waals surface area contributed by atoms with Gasteiger partial charge in [-0.05, 0) is 55.2 Å². The van der Waals surface area contributed by atoms with E-state index in [9.17, 15) is 4.79 Å². The van der Waals surface area contributed by atoms with Crippen LogP contribution in [0.3, 0.4) is 0 Å². The smallest absolute Gasteiger partial charge is 0.273 e. The van der Waals surface area contributed by atoms with Gasteiger partial charge in [0.25, 0.3) is 5.91 Å². The van der Waals surface area contributed by atoms with Gasteiger partial charge in [-0.15, -0.1) is 0 Å². The van der Waals surface area contributed by atoms with E-state index in [-0.39, 0.29) is 11.9 Å². The van der Waals surface area contributed by atoms with E-state index in [0.29, 0.717) is 30.7 Å². The zero-order chi connectivity index (χ0) is 23.3. The van der Waals surface area contributed by atoms with Crippen molar-refractivity contribution >= 4 is 5.91 Å². The number of amides is 1. The molecule has 1 aromatic heterocycles. The molecule has 178 valence electrons. The highest BCUT2D eigenvalue weighted by Crippen LogP contribution is 2.40. The Morgan fingerprint density at radius 3 is 2.47 bits per heavy atom. The van der Waals surface area contributed by atoms with E-state index < -0.39 is 0 Å². The largest absolute Gasteiger partial charge is 0.372 e. The first kappa shape index (κ1) is 22.9. The molecule has 3 aromatic rings. The van der Waals surface area contributed by atoms with Gasteiger partial charge in [0.05, 0.1) is 19.3 Å². The lowest BCUT2D eigenvalue weighted by Crippen LogP contribution is -2.34. The van der Waals surface area contributed by atoms with Crippen molar-refractivity contribution in [3.8, 4) is 0 Å². The van der Waals surface area contributed by atoms with Crippen molar-refractivity contribution in [2.24, 2.45) is 5.92 Å². The molecule has 1 amide bonds. The maximum Gasteiger partial charge on any atom is 0.273 e. The third-order valence-corrected chi connectivity index (χ3v) is 7.08. The Hall–Kier alpha value is -2.92. The molecule has 0 aliphatic heterocycles. The van der Waals surface area contributed by atoms with Gasteiger partial charge in [-0.3, -0.25) is 4.79 Å². The Balaban J connectivity index is 1.28. The van der Waals surface area contributed by atoms with Crippen molar-refractivity contribution in [3.63, 3.8) is 0 Å². The number of carbonyl (C=O) groups is 1. The van der Waals surface area contributed by atoms with Gasteiger partial charge >= 0.3 is 0 Å². The monoisotopic (exact) mass is 458 g/mol. The Bertz CT molecular complexity index is 1110. The van der Waals surface area contributed by atoms with Crippen LogP contribution in [0.4, 0.5) is 0 Å². The van der Waals surface area contributed by atoms with Crippen LogP contribution in [0.15, 0.2) is 59.1 Å². The van der Waals surface area contributed by atoms with Crippen LogP contribution in [-0.4, -0.2) is 11.1 Å². The molecule has 5 nitrogen and oxygen atoms in total. The normalized spacial score (nSPS) is 17.4. The number of nitrogens with zero attached hydrogens (tertiary/aromatic N) is 1. The Morgan fingerprint density at radius 1 is 1.00 bits per heavy atom. The fourth-order valence-corrected chi connectivity index (χ4v) is 5.08. The minimum Gasteiger partial charge on any atom is -0.372 e. The second-order valence-corrected chi connectivity index (χ2v) is 9.96. The third kappa shape index (κ3) is 5.76. The van der Waals surface area contributed by atoms with E-state index in [0.717, 1.165) is 42.6 Å². The van der Waals surface area contributed by atoms with Crippen LogP contribution in [-0.2, 0) is 18.0 Å². The summed E-state index contributed by atoms with van der Waals surface area (Å²) in [7, 11) is 0. The predicted molar refractivity (Wildman–Crippen MR) is 131 cm³/mol. The van der Waals surface area contributed by atoms with E-state index >= 15 is 0 Å². The van der Waals surface area contributed by atoms with Gasteiger partial charge in [0.1, 0.15) is 5.76 Å². The number of carbonyl (C=O) groups excluding carboxylic acids is 1. The fraction of sp³-hybridized carbons (Fsp3) is 0.448. The summed E-state index contributed by atoms with van der Waals surface area (Å²) in [5.74, 6) is 1.56. The molecule has 0 spiro atoms. The average Bonchev–Trinajstić information content (AvgIpc) is 3.59. The van der Waals surface area contributed by atoms with Gasteiger partial charge in [0, 0.05) is 12.0 Å². The van der Waals surface area contributed by atoms with E-state index in [4.69, 9.17) is 9.26 Å². The first-order chi connectivity index (χ1) is 16.7. The molecule has 2 saturated carbocycles. The number of nitrogens with one attached hydrogen (secondary N) is 1. The summed E-state index contributed by atoms with van der Waals surface area (Å²) in [6.45, 7) is 3.23. The van der Waals surface area contributed by atoms with Crippen molar-refractivity contribution in [2.45, 2.75) is 77.0 Å². The number of hydrogen-bond acceptors (Lipinski definition) is 4. The third-order valence-electron chi connectivity index (χ3n) is 7.08. The lowest BCUT2D eigenvalue weighted by atomic mass is 9.80. The molecular weight excluding hydrogens is 424 g/mol. The summed E-state index contributed by atoms with van der Waals surface area (Å²) in [6.07, 6.45) is 8.21. The number of hydrogen-bond donors (Lipinski definition) is 1. The summed E-state index contributed by atoms with van der Waals surface area (Å²) in [4.78, 5) is 13.1. The molecule has 2 aromatic carbocycles. The summed E-state index contributed by atoms with van der Waals surface area (Å²) in [5, 5.41) is 7.36. The Labute approximate surface area is 201 Å². The molecule has 2 aliphatic rings. The Morgan fingerprint density at radius 2 is 1.74 bits per heavy atom. The molecule has 5 heteroatoms. The van der Waals surface area contributed by atoms with Crippen LogP contribution in [0.2, 0.25) is 0 Å². The number of aromatic nitrogens is 1. The maximum atomic E-state index is 13.1. The van der Waals surface area contributed by atoms with Gasteiger partial charge in [0.15, 0.2) is 5.69 Å². The summed E-state index contributed by atoms with van der Waals surface area (Å²) in [5.41, 5.74) is 5.08. The molecule has 1 unspecified atom stereocenters. The second-order valence-electron chi connectivity index (χ2n) is 9.96. The summed E-state index contributed by atoms with van der Waals surface area (Å²) >= 11 is 0. The van der Waals surface area contributed by atoms with Gasteiger partial charge in [-0.25, -0.2) is 0 Å². The minimum absolute atomic E-state index is 0.0365. The minimum atomic E-state index is -0.146. The number of rotatable bonds is 9. The highest BCUT2D eigenvalue weighted by Gasteiger charge is 2.31. The van der Waals surface area contributed by atoms with Crippen molar-refractivity contribution in [1.82, 2.24) is 10.5 Å². The van der Waals surface area contributed by atoms with Crippen LogP contribution in [0.1, 0.15) is 95.4 Å². The van der Waals surface area contributed by atoms with E-state index in [1.807, 2.05) is 6.07 Å². The quantitative estimate of drug-likeness (QED) is 0.391. The Kier molecular flexibility index (Phi) is 7.10. The van der Waals surface area contributed by atoms with Crippen LogP contribution in [0, 0.1) is 12.8 Å². The summed E-state index contributed by atoms with van der Waals surface area (Å²) in [6, 6.07) is 18.7. The molecule has 5 rings (SSSR count). The molecule has 2 fully saturated rings. The standard InChI is InChI=1S/C29H34N2O3/c1-20-7-5-8-21(15-20)18-33-19-22-9-6-12-25(16-22)28(24-10-3-2-4-11-24)30-29(32)26-17-27(34-31-26)23-13-14-23/h5-9,12,15-17,23-24,28H,2-4,10-11,13-14,18-19H2,1H3,(H,30,32). The summed E-state index contributed by atoms with van der Waals surface area (Å²) < 4.78 is 11.4. The van der Waals surface area contributed by atoms with Crippen molar-refractivity contribution in [2.75, 3.05) is 0 Å². The van der Waals surface area contributed by atoms with E-state index in [1.165, 1.54) is 30.4 Å². The van der Waals surface area contributed by atoms with Crippen molar-refractivity contribution in [3.05, 3.63) is 88.3 Å².